The monoisotopic (exact) mass is 367 g/mol. The zero-order valence-corrected chi connectivity index (χ0v) is 16.3. The van der Waals surface area contributed by atoms with Gasteiger partial charge in [0.05, 0.1) is 17.7 Å². The molecule has 2 rings (SSSR count). The van der Waals surface area contributed by atoms with Crippen molar-refractivity contribution in [2.24, 2.45) is 16.8 Å². The fourth-order valence-electron chi connectivity index (χ4n) is 4.36. The van der Waals surface area contributed by atoms with Crippen LogP contribution < -0.4 is 0 Å². The molecule has 1 saturated carbocycles. The van der Waals surface area contributed by atoms with Crippen molar-refractivity contribution in [2.75, 3.05) is 0 Å². The lowest BCUT2D eigenvalue weighted by Gasteiger charge is -2.23. The van der Waals surface area contributed by atoms with E-state index in [0.29, 0.717) is 18.8 Å². The van der Waals surface area contributed by atoms with Crippen LogP contribution in [-0.4, -0.2) is 43.8 Å². The molecule has 1 aliphatic heterocycles. The van der Waals surface area contributed by atoms with Gasteiger partial charge in [-0.05, 0) is 57.2 Å². The van der Waals surface area contributed by atoms with Gasteiger partial charge in [0.15, 0.2) is 5.05 Å². The summed E-state index contributed by atoms with van der Waals surface area (Å²) in [6, 6.07) is 0. The molecule has 0 saturated heterocycles. The molecule has 4 nitrogen and oxygen atoms in total. The first-order valence-electron chi connectivity index (χ1n) is 9.69. The summed E-state index contributed by atoms with van der Waals surface area (Å²) >= 11 is 4.72. The van der Waals surface area contributed by atoms with Crippen molar-refractivity contribution in [3.05, 3.63) is 12.2 Å². The lowest BCUT2D eigenvalue weighted by Crippen LogP contribution is -2.25. The highest BCUT2D eigenvalue weighted by molar-refractivity contribution is 7.80. The van der Waals surface area contributed by atoms with Crippen LogP contribution in [0.2, 0.25) is 0 Å². The first-order chi connectivity index (χ1) is 11.9. The van der Waals surface area contributed by atoms with E-state index in [2.05, 4.69) is 13.8 Å². The van der Waals surface area contributed by atoms with E-state index in [4.69, 9.17) is 22.3 Å². The summed E-state index contributed by atoms with van der Waals surface area (Å²) in [5.41, 5.74) is 0.981. The molecular weight excluding hydrogens is 334 g/mol. The summed E-state index contributed by atoms with van der Waals surface area (Å²) < 4.78 is 0. The van der Waals surface area contributed by atoms with Gasteiger partial charge in [0, 0.05) is 18.1 Å². The highest BCUT2D eigenvalue weighted by Gasteiger charge is 2.52. The van der Waals surface area contributed by atoms with Crippen molar-refractivity contribution in [3.8, 4) is 0 Å². The number of thiocarbonyl (C=S) groups is 1. The van der Waals surface area contributed by atoms with Gasteiger partial charge in [0.1, 0.15) is 0 Å². The summed E-state index contributed by atoms with van der Waals surface area (Å²) in [4.78, 5) is 4.90. The third kappa shape index (κ3) is 5.60. The number of fused-ring (bicyclic) bond motifs is 1. The number of rotatable bonds is 10. The van der Waals surface area contributed by atoms with Crippen molar-refractivity contribution in [3.63, 3.8) is 0 Å². The molecule has 0 aromatic carbocycles. The Balaban J connectivity index is 1.91. The molecule has 0 aromatic heterocycles. The number of aliphatic hydroxyl groups is 3. The Hall–Kier alpha value is -0.780. The summed E-state index contributed by atoms with van der Waals surface area (Å²) in [6.45, 7) is 4.29. The molecule has 0 aromatic rings. The average Bonchev–Trinajstić information content (AvgIpc) is 2.94. The Morgan fingerprint density at radius 1 is 1.40 bits per heavy atom. The predicted molar refractivity (Wildman–Crippen MR) is 106 cm³/mol. The van der Waals surface area contributed by atoms with E-state index in [-0.39, 0.29) is 22.6 Å². The van der Waals surface area contributed by atoms with Gasteiger partial charge in [-0.25, -0.2) is 0 Å². The maximum absolute atomic E-state index is 10.5. The first kappa shape index (κ1) is 20.5. The summed E-state index contributed by atoms with van der Waals surface area (Å²) in [6.07, 6.45) is 11.0. The number of nitrogens with zero attached hydrogens (tertiary/aromatic N) is 1. The minimum Gasteiger partial charge on any atom is -0.502 e. The SMILES string of the molecule is CCCCCC(O)C=CC1C(O)CC2(C)N=C(CCCC(O)=S)CC12. The van der Waals surface area contributed by atoms with E-state index in [0.717, 1.165) is 44.9 Å². The Labute approximate surface area is 157 Å². The van der Waals surface area contributed by atoms with Crippen LogP contribution in [0.1, 0.15) is 71.6 Å². The Morgan fingerprint density at radius 3 is 2.84 bits per heavy atom. The molecule has 5 atom stereocenters. The van der Waals surface area contributed by atoms with E-state index >= 15 is 0 Å². The second-order valence-electron chi connectivity index (χ2n) is 7.89. The molecule has 25 heavy (non-hydrogen) atoms. The van der Waals surface area contributed by atoms with Crippen LogP contribution in [0, 0.1) is 11.8 Å². The number of hydrogen-bond donors (Lipinski definition) is 3. The fraction of sp³-hybridized carbons (Fsp3) is 0.800. The van der Waals surface area contributed by atoms with Crippen LogP contribution >= 0.6 is 12.2 Å². The number of unbranched alkanes of at least 4 members (excludes halogenated alkanes) is 2. The third-order valence-corrected chi connectivity index (χ3v) is 5.92. The van der Waals surface area contributed by atoms with Crippen molar-refractivity contribution in [1.29, 1.82) is 0 Å². The van der Waals surface area contributed by atoms with Gasteiger partial charge in [0.2, 0.25) is 0 Å². The molecule has 0 bridgehead atoms. The molecule has 0 radical (unpaired) electrons. The van der Waals surface area contributed by atoms with Gasteiger partial charge in [-0.15, -0.1) is 0 Å². The highest BCUT2D eigenvalue weighted by Crippen LogP contribution is 2.49. The highest BCUT2D eigenvalue weighted by atomic mass is 32.1. The van der Waals surface area contributed by atoms with Crippen LogP contribution in [0.15, 0.2) is 17.1 Å². The van der Waals surface area contributed by atoms with Crippen molar-refractivity contribution in [2.45, 2.75) is 89.4 Å². The van der Waals surface area contributed by atoms with Crippen molar-refractivity contribution >= 4 is 23.0 Å². The molecule has 2 aliphatic rings. The molecule has 0 spiro atoms. The number of aliphatic hydroxyl groups excluding tert-OH is 3. The molecule has 3 N–H and O–H groups in total. The molecule has 5 unspecified atom stereocenters. The van der Waals surface area contributed by atoms with Crippen LogP contribution in [0.25, 0.3) is 0 Å². The van der Waals surface area contributed by atoms with Crippen molar-refractivity contribution in [1.82, 2.24) is 0 Å². The van der Waals surface area contributed by atoms with E-state index in [1.54, 1.807) is 0 Å². The van der Waals surface area contributed by atoms with Crippen LogP contribution in [0.3, 0.4) is 0 Å². The second-order valence-corrected chi connectivity index (χ2v) is 8.36. The second kappa shape index (κ2) is 9.24. The topological polar surface area (TPSA) is 73.0 Å². The van der Waals surface area contributed by atoms with Crippen LogP contribution in [-0.2, 0) is 0 Å². The average molecular weight is 368 g/mol. The van der Waals surface area contributed by atoms with Crippen LogP contribution in [0.4, 0.5) is 0 Å². The van der Waals surface area contributed by atoms with Gasteiger partial charge < -0.3 is 15.3 Å². The minimum absolute atomic E-state index is 0.0611. The quantitative estimate of drug-likeness (QED) is 0.308. The van der Waals surface area contributed by atoms with Gasteiger partial charge in [-0.3, -0.25) is 4.99 Å². The van der Waals surface area contributed by atoms with Gasteiger partial charge in [-0.2, -0.15) is 0 Å². The van der Waals surface area contributed by atoms with E-state index < -0.39 is 6.10 Å². The molecule has 1 heterocycles. The zero-order valence-electron chi connectivity index (χ0n) is 15.5. The molecule has 1 fully saturated rings. The smallest absolute Gasteiger partial charge is 0.156 e. The molecule has 1 aliphatic carbocycles. The normalized spacial score (nSPS) is 32.8. The standard InChI is InChI=1S/C20H33NO3S/c1-3-4-5-8-15(22)10-11-16-17-12-14(7-6-9-19(24)25)21-20(17,2)13-18(16)23/h10-11,15-18,22-23H,3-9,12-13H2,1-2H3,(H,24,25). The lowest BCUT2D eigenvalue weighted by molar-refractivity contribution is 0.140. The Bertz CT molecular complexity index is 519. The Morgan fingerprint density at radius 2 is 2.16 bits per heavy atom. The predicted octanol–water partition coefficient (Wildman–Crippen LogP) is 4.14. The van der Waals surface area contributed by atoms with Gasteiger partial charge >= 0.3 is 0 Å². The molecular formula is C20H33NO3S. The largest absolute Gasteiger partial charge is 0.502 e. The summed E-state index contributed by atoms with van der Waals surface area (Å²) in [5, 5.41) is 29.8. The number of hydrogen-bond acceptors (Lipinski definition) is 4. The summed E-state index contributed by atoms with van der Waals surface area (Å²) in [7, 11) is 0. The van der Waals surface area contributed by atoms with E-state index in [1.165, 1.54) is 5.71 Å². The van der Waals surface area contributed by atoms with Crippen LogP contribution in [0.5, 0.6) is 0 Å². The minimum atomic E-state index is -0.419. The first-order valence-corrected chi connectivity index (χ1v) is 10.1. The molecule has 0 amide bonds. The number of aliphatic imine (C=N–C) groups is 1. The van der Waals surface area contributed by atoms with Gasteiger partial charge in [0.25, 0.3) is 0 Å². The molecule has 142 valence electrons. The van der Waals surface area contributed by atoms with Gasteiger partial charge in [-0.1, -0.05) is 38.3 Å². The van der Waals surface area contributed by atoms with E-state index in [9.17, 15) is 10.2 Å². The molecule has 5 heteroatoms. The third-order valence-electron chi connectivity index (χ3n) is 5.71. The van der Waals surface area contributed by atoms with Crippen molar-refractivity contribution < 1.29 is 15.3 Å². The maximum atomic E-state index is 10.5. The summed E-state index contributed by atoms with van der Waals surface area (Å²) in [5.74, 6) is 0.365. The zero-order chi connectivity index (χ0) is 18.4. The maximum Gasteiger partial charge on any atom is 0.156 e. The lowest BCUT2D eigenvalue weighted by atomic mass is 9.83. The fourth-order valence-corrected chi connectivity index (χ4v) is 4.50. The van der Waals surface area contributed by atoms with E-state index in [1.807, 2.05) is 12.2 Å². The Kier molecular flexibility index (Phi) is 7.59.